The highest BCUT2D eigenvalue weighted by molar-refractivity contribution is 5.62. The predicted octanol–water partition coefficient (Wildman–Crippen LogP) is 2.55. The van der Waals surface area contributed by atoms with Gasteiger partial charge in [-0.1, -0.05) is 19.9 Å². The third kappa shape index (κ3) is 3.70. The van der Waals surface area contributed by atoms with Crippen molar-refractivity contribution in [1.29, 1.82) is 0 Å². The molecule has 5 nitrogen and oxygen atoms in total. The molecule has 0 radical (unpaired) electrons. The zero-order valence-electron chi connectivity index (χ0n) is 11.1. The van der Waals surface area contributed by atoms with E-state index in [1.54, 1.807) is 12.1 Å². The van der Waals surface area contributed by atoms with Crippen molar-refractivity contribution >= 4 is 11.4 Å². The fourth-order valence-electron chi connectivity index (χ4n) is 1.77. The maximum atomic E-state index is 11.0. The summed E-state index contributed by atoms with van der Waals surface area (Å²) in [5.41, 5.74) is 7.25. The van der Waals surface area contributed by atoms with Gasteiger partial charge in [-0.05, 0) is 36.9 Å². The molecule has 0 fully saturated rings. The Morgan fingerprint density at radius 1 is 1.44 bits per heavy atom. The van der Waals surface area contributed by atoms with E-state index in [2.05, 4.69) is 19.2 Å². The van der Waals surface area contributed by atoms with Gasteiger partial charge < -0.3 is 11.1 Å². The summed E-state index contributed by atoms with van der Waals surface area (Å²) in [4.78, 5) is 10.6. The predicted molar refractivity (Wildman–Crippen MR) is 73.7 cm³/mol. The molecule has 1 rings (SSSR count). The van der Waals surface area contributed by atoms with Crippen LogP contribution in [0.2, 0.25) is 0 Å². The van der Waals surface area contributed by atoms with Crippen LogP contribution in [0.5, 0.6) is 0 Å². The molecular weight excluding hydrogens is 230 g/mol. The Morgan fingerprint density at radius 2 is 2.11 bits per heavy atom. The summed E-state index contributed by atoms with van der Waals surface area (Å²) in [5, 5.41) is 14.1. The smallest absolute Gasteiger partial charge is 0.292 e. The number of nitro groups is 1. The topological polar surface area (TPSA) is 81.2 Å². The van der Waals surface area contributed by atoms with E-state index >= 15 is 0 Å². The van der Waals surface area contributed by atoms with Gasteiger partial charge in [0.05, 0.1) is 4.92 Å². The number of rotatable bonds is 6. The molecule has 0 aliphatic carbocycles. The summed E-state index contributed by atoms with van der Waals surface area (Å²) < 4.78 is 0. The molecule has 1 aromatic rings. The molecule has 0 saturated carbocycles. The monoisotopic (exact) mass is 251 g/mol. The molecule has 1 atom stereocenters. The lowest BCUT2D eigenvalue weighted by Gasteiger charge is -2.19. The quantitative estimate of drug-likeness (QED) is 0.601. The maximum absolute atomic E-state index is 11.0. The average Bonchev–Trinajstić information content (AvgIpc) is 2.30. The highest BCUT2D eigenvalue weighted by Gasteiger charge is 2.16. The second-order valence-electron chi connectivity index (χ2n) is 4.90. The normalized spacial score (nSPS) is 12.5. The summed E-state index contributed by atoms with van der Waals surface area (Å²) in [5.74, 6) is 0.762. The summed E-state index contributed by atoms with van der Waals surface area (Å²) in [6.07, 6.45) is 0. The molecule has 100 valence electrons. The van der Waals surface area contributed by atoms with Crippen molar-refractivity contribution in [2.75, 3.05) is 18.4 Å². The van der Waals surface area contributed by atoms with E-state index in [0.717, 1.165) is 5.56 Å². The molecule has 1 aromatic carbocycles. The molecule has 0 aliphatic heterocycles. The fraction of sp³-hybridized carbons (Fsp3) is 0.538. The number of nitrogens with zero attached hydrogens (tertiary/aromatic N) is 1. The van der Waals surface area contributed by atoms with Gasteiger partial charge in [-0.15, -0.1) is 0 Å². The fourth-order valence-corrected chi connectivity index (χ4v) is 1.77. The van der Waals surface area contributed by atoms with E-state index in [9.17, 15) is 10.1 Å². The Balaban J connectivity index is 2.81. The van der Waals surface area contributed by atoms with E-state index in [0.29, 0.717) is 30.6 Å². The van der Waals surface area contributed by atoms with Crippen molar-refractivity contribution in [3.8, 4) is 0 Å². The lowest BCUT2D eigenvalue weighted by atomic mass is 9.96. The third-order valence-corrected chi connectivity index (χ3v) is 3.15. The summed E-state index contributed by atoms with van der Waals surface area (Å²) >= 11 is 0. The Morgan fingerprint density at radius 3 is 2.61 bits per heavy atom. The number of nitro benzene ring substituents is 1. The van der Waals surface area contributed by atoms with E-state index in [-0.39, 0.29) is 10.6 Å². The van der Waals surface area contributed by atoms with Gasteiger partial charge in [0.15, 0.2) is 0 Å². The number of nitrogens with two attached hydrogens (primary N) is 1. The molecule has 1 unspecified atom stereocenters. The largest absolute Gasteiger partial charge is 0.379 e. The van der Waals surface area contributed by atoms with Crippen LogP contribution in [0.4, 0.5) is 11.4 Å². The molecule has 0 spiro atoms. The van der Waals surface area contributed by atoms with Crippen LogP contribution in [0.25, 0.3) is 0 Å². The molecule has 0 saturated heterocycles. The van der Waals surface area contributed by atoms with Gasteiger partial charge in [0.25, 0.3) is 5.69 Å². The van der Waals surface area contributed by atoms with E-state index in [1.165, 1.54) is 0 Å². The second-order valence-corrected chi connectivity index (χ2v) is 4.90. The zero-order chi connectivity index (χ0) is 13.7. The second kappa shape index (κ2) is 6.35. The SMILES string of the molecule is Cc1ccc(NCC(CN)C(C)C)c([N+](=O)[O-])c1. The van der Waals surface area contributed by atoms with E-state index in [4.69, 9.17) is 5.73 Å². The van der Waals surface area contributed by atoms with Crippen LogP contribution in [0, 0.1) is 28.9 Å². The number of nitrogens with one attached hydrogen (secondary N) is 1. The van der Waals surface area contributed by atoms with Gasteiger partial charge in [-0.2, -0.15) is 0 Å². The summed E-state index contributed by atoms with van der Waals surface area (Å²) in [6.45, 7) is 7.27. The first-order valence-electron chi connectivity index (χ1n) is 6.14. The zero-order valence-corrected chi connectivity index (χ0v) is 11.1. The minimum Gasteiger partial charge on any atom is -0.379 e. The average molecular weight is 251 g/mol. The van der Waals surface area contributed by atoms with E-state index < -0.39 is 0 Å². The van der Waals surface area contributed by atoms with Gasteiger partial charge in [0.1, 0.15) is 5.69 Å². The number of benzene rings is 1. The number of anilines is 1. The van der Waals surface area contributed by atoms with Crippen molar-refractivity contribution < 1.29 is 4.92 Å². The van der Waals surface area contributed by atoms with Gasteiger partial charge in [0, 0.05) is 12.6 Å². The first-order valence-corrected chi connectivity index (χ1v) is 6.14. The van der Waals surface area contributed by atoms with Crippen LogP contribution in [0.15, 0.2) is 18.2 Å². The molecule has 0 aliphatic rings. The molecule has 0 amide bonds. The minimum absolute atomic E-state index is 0.120. The lowest BCUT2D eigenvalue weighted by Crippen LogP contribution is -2.27. The number of aryl methyl sites for hydroxylation is 1. The Labute approximate surface area is 108 Å². The molecule has 0 aromatic heterocycles. The molecule has 5 heteroatoms. The number of hydrogen-bond acceptors (Lipinski definition) is 4. The van der Waals surface area contributed by atoms with Gasteiger partial charge in [0.2, 0.25) is 0 Å². The highest BCUT2D eigenvalue weighted by Crippen LogP contribution is 2.25. The molecule has 0 bridgehead atoms. The minimum atomic E-state index is -0.359. The number of hydrogen-bond donors (Lipinski definition) is 2. The molecule has 3 N–H and O–H groups in total. The first kappa shape index (κ1) is 14.4. The van der Waals surface area contributed by atoms with Crippen LogP contribution in [-0.4, -0.2) is 18.0 Å². The van der Waals surface area contributed by atoms with E-state index in [1.807, 2.05) is 13.0 Å². The van der Waals surface area contributed by atoms with Crippen molar-refractivity contribution in [3.05, 3.63) is 33.9 Å². The summed E-state index contributed by atoms with van der Waals surface area (Å²) in [7, 11) is 0. The van der Waals surface area contributed by atoms with Crippen LogP contribution >= 0.6 is 0 Å². The van der Waals surface area contributed by atoms with Crippen LogP contribution in [0.1, 0.15) is 19.4 Å². The molecule has 0 heterocycles. The van der Waals surface area contributed by atoms with Crippen LogP contribution in [-0.2, 0) is 0 Å². The maximum Gasteiger partial charge on any atom is 0.292 e. The third-order valence-electron chi connectivity index (χ3n) is 3.15. The lowest BCUT2D eigenvalue weighted by molar-refractivity contribution is -0.384. The van der Waals surface area contributed by atoms with Crippen LogP contribution in [0.3, 0.4) is 0 Å². The standard InChI is InChI=1S/C13H21N3O2/c1-9(2)11(7-14)8-15-12-5-4-10(3)6-13(12)16(17)18/h4-6,9,11,15H,7-8,14H2,1-3H3. The summed E-state index contributed by atoms with van der Waals surface area (Å²) in [6, 6.07) is 5.19. The highest BCUT2D eigenvalue weighted by atomic mass is 16.6. The van der Waals surface area contributed by atoms with Crippen molar-refractivity contribution in [2.45, 2.75) is 20.8 Å². The van der Waals surface area contributed by atoms with Gasteiger partial charge in [-0.25, -0.2) is 0 Å². The van der Waals surface area contributed by atoms with Gasteiger partial charge >= 0.3 is 0 Å². The van der Waals surface area contributed by atoms with Crippen LogP contribution < -0.4 is 11.1 Å². The van der Waals surface area contributed by atoms with Crippen molar-refractivity contribution in [2.24, 2.45) is 17.6 Å². The molecular formula is C13H21N3O2. The first-order chi connectivity index (χ1) is 8.45. The molecule has 18 heavy (non-hydrogen) atoms. The Hall–Kier alpha value is -1.62. The van der Waals surface area contributed by atoms with Crippen molar-refractivity contribution in [1.82, 2.24) is 0 Å². The Bertz CT molecular complexity index is 419. The van der Waals surface area contributed by atoms with Gasteiger partial charge in [-0.3, -0.25) is 10.1 Å². The Kier molecular flexibility index (Phi) is 5.09. The van der Waals surface area contributed by atoms with Crippen molar-refractivity contribution in [3.63, 3.8) is 0 Å².